The Balaban J connectivity index is 1.62. The summed E-state index contributed by atoms with van der Waals surface area (Å²) in [5.74, 6) is 1.32. The summed E-state index contributed by atoms with van der Waals surface area (Å²) in [5.41, 5.74) is 4.59. The second kappa shape index (κ2) is 8.86. The first-order chi connectivity index (χ1) is 14.8. The third-order valence-electron chi connectivity index (χ3n) is 6.10. The Morgan fingerprint density at radius 1 is 1.13 bits per heavy atom. The van der Waals surface area contributed by atoms with Gasteiger partial charge in [0.2, 0.25) is 15.9 Å². The summed E-state index contributed by atoms with van der Waals surface area (Å²) in [6, 6.07) is 7.08. The summed E-state index contributed by atoms with van der Waals surface area (Å²) < 4.78 is 31.1. The third kappa shape index (κ3) is 5.36. The van der Waals surface area contributed by atoms with Gasteiger partial charge < -0.3 is 10.1 Å². The second-order valence-electron chi connectivity index (χ2n) is 8.69. The quantitative estimate of drug-likeness (QED) is 0.719. The molecule has 166 valence electrons. The molecule has 0 bridgehead atoms. The SMILES string of the molecule is CS(=O)(=O)NC(=O)Nc1c(-c2ccnc(O[C@H]3CC[C@@H](C)CC3)c2)ccc2c1CCC2. The van der Waals surface area contributed by atoms with Crippen molar-refractivity contribution in [2.45, 2.75) is 58.0 Å². The number of aryl methyl sites for hydroxylation is 1. The van der Waals surface area contributed by atoms with Crippen LogP contribution < -0.4 is 14.8 Å². The number of nitrogens with one attached hydrogen (secondary N) is 2. The van der Waals surface area contributed by atoms with Crippen LogP contribution >= 0.6 is 0 Å². The molecule has 0 radical (unpaired) electrons. The van der Waals surface area contributed by atoms with Gasteiger partial charge in [-0.05, 0) is 73.6 Å². The minimum atomic E-state index is -3.65. The molecule has 2 amide bonds. The number of sulfonamides is 1. The Morgan fingerprint density at radius 2 is 1.90 bits per heavy atom. The molecule has 7 nitrogen and oxygen atoms in total. The number of amides is 2. The Hall–Kier alpha value is -2.61. The smallest absolute Gasteiger partial charge is 0.332 e. The van der Waals surface area contributed by atoms with E-state index in [9.17, 15) is 13.2 Å². The lowest BCUT2D eigenvalue weighted by Gasteiger charge is -2.26. The standard InChI is InChI=1S/C23H29N3O4S/c1-15-6-9-18(10-7-15)30-21-14-17(12-13-24-21)20-11-8-16-4-3-5-19(16)22(20)25-23(27)26-31(2,28)29/h8,11-15,18H,3-7,9-10H2,1-2H3,(H2,25,26,27)/t15-,18+. The molecule has 2 aliphatic carbocycles. The fourth-order valence-corrected chi connectivity index (χ4v) is 4.90. The highest BCUT2D eigenvalue weighted by Crippen LogP contribution is 2.38. The lowest BCUT2D eigenvalue weighted by Crippen LogP contribution is -2.33. The molecule has 4 rings (SSSR count). The van der Waals surface area contributed by atoms with Crippen molar-refractivity contribution in [2.24, 2.45) is 5.92 Å². The van der Waals surface area contributed by atoms with E-state index in [1.165, 1.54) is 18.4 Å². The van der Waals surface area contributed by atoms with Crippen molar-refractivity contribution in [2.75, 3.05) is 11.6 Å². The lowest BCUT2D eigenvalue weighted by molar-refractivity contribution is 0.130. The normalized spacial score (nSPS) is 20.7. The molecular formula is C23H29N3O4S. The fraction of sp³-hybridized carbons (Fsp3) is 0.478. The molecule has 0 atom stereocenters. The Kier molecular flexibility index (Phi) is 6.18. The molecular weight excluding hydrogens is 414 g/mol. The van der Waals surface area contributed by atoms with Crippen molar-refractivity contribution in [1.82, 2.24) is 9.71 Å². The Morgan fingerprint density at radius 3 is 2.65 bits per heavy atom. The number of urea groups is 1. The third-order valence-corrected chi connectivity index (χ3v) is 6.65. The van der Waals surface area contributed by atoms with Crippen molar-refractivity contribution in [1.29, 1.82) is 0 Å². The second-order valence-corrected chi connectivity index (χ2v) is 10.4. The number of hydrogen-bond donors (Lipinski definition) is 2. The van der Waals surface area contributed by atoms with Crippen molar-refractivity contribution >= 4 is 21.7 Å². The average molecular weight is 444 g/mol. The topological polar surface area (TPSA) is 97.4 Å². The van der Waals surface area contributed by atoms with Gasteiger partial charge in [0.25, 0.3) is 0 Å². The number of carbonyl (C=O) groups excluding carboxylic acids is 1. The number of fused-ring (bicyclic) bond motifs is 1. The zero-order valence-electron chi connectivity index (χ0n) is 18.0. The van der Waals surface area contributed by atoms with Crippen LogP contribution in [-0.4, -0.2) is 31.8 Å². The van der Waals surface area contributed by atoms with Crippen molar-refractivity contribution in [3.63, 3.8) is 0 Å². The van der Waals surface area contributed by atoms with Gasteiger partial charge in [-0.3, -0.25) is 0 Å². The Bertz CT molecular complexity index is 1080. The predicted molar refractivity (Wildman–Crippen MR) is 121 cm³/mol. The number of hydrogen-bond acceptors (Lipinski definition) is 5. The van der Waals surface area contributed by atoms with Crippen LogP contribution in [0.15, 0.2) is 30.5 Å². The molecule has 0 aliphatic heterocycles. The predicted octanol–water partition coefficient (Wildman–Crippen LogP) is 4.28. The summed E-state index contributed by atoms with van der Waals surface area (Å²) in [6.07, 6.45) is 10.0. The minimum absolute atomic E-state index is 0.178. The summed E-state index contributed by atoms with van der Waals surface area (Å²) in [5, 5.41) is 2.78. The molecule has 0 spiro atoms. The first kappa shape index (κ1) is 21.6. The molecule has 0 unspecified atom stereocenters. The number of carbonyl (C=O) groups is 1. The fourth-order valence-electron chi connectivity index (χ4n) is 4.52. The molecule has 0 saturated heterocycles. The van der Waals surface area contributed by atoms with E-state index in [-0.39, 0.29) is 6.10 Å². The van der Waals surface area contributed by atoms with Crippen LogP contribution in [0, 0.1) is 5.92 Å². The number of benzene rings is 1. The number of anilines is 1. The number of nitrogens with zero attached hydrogens (tertiary/aromatic N) is 1. The van der Waals surface area contributed by atoms with Crippen molar-refractivity contribution in [3.05, 3.63) is 41.6 Å². The molecule has 1 fully saturated rings. The van der Waals surface area contributed by atoms with Gasteiger partial charge >= 0.3 is 6.03 Å². The molecule has 1 saturated carbocycles. The lowest BCUT2D eigenvalue weighted by atomic mass is 9.89. The van der Waals surface area contributed by atoms with Gasteiger partial charge in [-0.2, -0.15) is 0 Å². The van der Waals surface area contributed by atoms with E-state index in [1.54, 1.807) is 6.20 Å². The minimum Gasteiger partial charge on any atom is -0.474 e. The van der Waals surface area contributed by atoms with E-state index < -0.39 is 16.1 Å². The van der Waals surface area contributed by atoms with Gasteiger partial charge in [-0.25, -0.2) is 22.9 Å². The molecule has 2 N–H and O–H groups in total. The van der Waals surface area contributed by atoms with E-state index in [0.717, 1.165) is 61.0 Å². The summed E-state index contributed by atoms with van der Waals surface area (Å²) in [7, 11) is -3.65. The summed E-state index contributed by atoms with van der Waals surface area (Å²) >= 11 is 0. The van der Waals surface area contributed by atoms with Crippen LogP contribution in [0.3, 0.4) is 0 Å². The van der Waals surface area contributed by atoms with Gasteiger partial charge in [-0.1, -0.05) is 19.1 Å². The van der Waals surface area contributed by atoms with Crippen LogP contribution in [-0.2, 0) is 22.9 Å². The summed E-state index contributed by atoms with van der Waals surface area (Å²) in [6.45, 7) is 2.28. The highest BCUT2D eigenvalue weighted by atomic mass is 32.2. The Labute approximate surface area is 183 Å². The van der Waals surface area contributed by atoms with Crippen LogP contribution in [0.4, 0.5) is 10.5 Å². The van der Waals surface area contributed by atoms with Crippen molar-refractivity contribution < 1.29 is 17.9 Å². The zero-order chi connectivity index (χ0) is 22.0. The maximum atomic E-state index is 12.3. The molecule has 8 heteroatoms. The highest BCUT2D eigenvalue weighted by molar-refractivity contribution is 7.89. The zero-order valence-corrected chi connectivity index (χ0v) is 18.8. The van der Waals surface area contributed by atoms with Gasteiger partial charge in [-0.15, -0.1) is 0 Å². The number of pyridine rings is 1. The maximum Gasteiger partial charge on any atom is 0.332 e. The van der Waals surface area contributed by atoms with Crippen LogP contribution in [0.5, 0.6) is 5.88 Å². The van der Waals surface area contributed by atoms with Gasteiger partial charge in [0.15, 0.2) is 0 Å². The van der Waals surface area contributed by atoms with Gasteiger partial charge in [0.1, 0.15) is 6.10 Å². The number of rotatable bonds is 5. The average Bonchev–Trinajstić information content (AvgIpc) is 3.18. The first-order valence-electron chi connectivity index (χ1n) is 10.8. The number of ether oxygens (including phenoxy) is 1. The van der Waals surface area contributed by atoms with Crippen molar-refractivity contribution in [3.8, 4) is 17.0 Å². The van der Waals surface area contributed by atoms with E-state index in [4.69, 9.17) is 4.74 Å². The molecule has 1 aromatic heterocycles. The number of aromatic nitrogens is 1. The first-order valence-corrected chi connectivity index (χ1v) is 12.7. The van der Waals surface area contributed by atoms with E-state index in [2.05, 4.69) is 23.3 Å². The van der Waals surface area contributed by atoms with Gasteiger partial charge in [0, 0.05) is 17.8 Å². The van der Waals surface area contributed by atoms with Crippen LogP contribution in [0.25, 0.3) is 11.1 Å². The largest absolute Gasteiger partial charge is 0.474 e. The molecule has 1 aromatic carbocycles. The monoisotopic (exact) mass is 443 g/mol. The highest BCUT2D eigenvalue weighted by Gasteiger charge is 2.23. The van der Waals surface area contributed by atoms with Crippen LogP contribution in [0.1, 0.15) is 50.2 Å². The maximum absolute atomic E-state index is 12.3. The summed E-state index contributed by atoms with van der Waals surface area (Å²) in [4.78, 5) is 16.7. The van der Waals surface area contributed by atoms with Gasteiger partial charge in [0.05, 0.1) is 11.9 Å². The molecule has 2 aromatic rings. The molecule has 31 heavy (non-hydrogen) atoms. The van der Waals surface area contributed by atoms with E-state index >= 15 is 0 Å². The molecule has 1 heterocycles. The van der Waals surface area contributed by atoms with E-state index in [1.807, 2.05) is 22.9 Å². The van der Waals surface area contributed by atoms with Crippen LogP contribution in [0.2, 0.25) is 0 Å². The molecule has 2 aliphatic rings. The van der Waals surface area contributed by atoms with E-state index in [0.29, 0.717) is 11.6 Å².